The summed E-state index contributed by atoms with van der Waals surface area (Å²) in [4.78, 5) is 16.4. The number of aromatic nitrogens is 2. The van der Waals surface area contributed by atoms with Gasteiger partial charge in [0.15, 0.2) is 6.29 Å². The molecule has 3 nitrogen and oxygen atoms in total. The molecule has 0 fully saturated rings. The van der Waals surface area contributed by atoms with Crippen LogP contribution in [0.4, 0.5) is 0 Å². The average Bonchev–Trinajstić information content (AvgIpc) is 2.72. The summed E-state index contributed by atoms with van der Waals surface area (Å²) in [5.41, 5.74) is 1.03. The van der Waals surface area contributed by atoms with E-state index in [1.807, 2.05) is 23.8 Å². The van der Waals surface area contributed by atoms with Crippen LogP contribution < -0.4 is 0 Å². The van der Waals surface area contributed by atoms with Crippen LogP contribution in [0.25, 0.3) is 5.69 Å². The number of hydrogen-bond acceptors (Lipinski definition) is 3. The van der Waals surface area contributed by atoms with E-state index in [0.717, 1.165) is 21.7 Å². The van der Waals surface area contributed by atoms with Crippen LogP contribution in [0.3, 0.4) is 0 Å². The first-order chi connectivity index (χ1) is 6.31. The highest BCUT2D eigenvalue weighted by atomic mass is 32.1. The predicted octanol–water partition coefficient (Wildman–Crippen LogP) is 2.05. The molecule has 0 spiro atoms. The Hall–Kier alpha value is -1.42. The molecule has 0 aliphatic carbocycles. The number of carbonyl (C=O) groups excluding carboxylic acids is 1. The molecule has 0 saturated heterocycles. The molecular formula is C9H8N2OS. The Morgan fingerprint density at radius 2 is 2.46 bits per heavy atom. The van der Waals surface area contributed by atoms with Gasteiger partial charge in [0.1, 0.15) is 0 Å². The minimum Gasteiger partial charge on any atom is -0.305 e. The maximum atomic E-state index is 10.5. The van der Waals surface area contributed by atoms with Gasteiger partial charge in [0.25, 0.3) is 0 Å². The van der Waals surface area contributed by atoms with Gasteiger partial charge in [-0.25, -0.2) is 4.98 Å². The van der Waals surface area contributed by atoms with Gasteiger partial charge in [0.2, 0.25) is 0 Å². The zero-order valence-corrected chi connectivity index (χ0v) is 7.91. The molecule has 0 amide bonds. The first-order valence-corrected chi connectivity index (χ1v) is 4.67. The molecule has 0 unspecified atom stereocenters. The maximum absolute atomic E-state index is 10.5. The molecule has 13 heavy (non-hydrogen) atoms. The van der Waals surface area contributed by atoms with Crippen LogP contribution in [-0.2, 0) is 0 Å². The highest BCUT2D eigenvalue weighted by Gasteiger charge is 2.05. The van der Waals surface area contributed by atoms with E-state index >= 15 is 0 Å². The number of hydrogen-bond donors (Lipinski definition) is 0. The number of rotatable bonds is 2. The van der Waals surface area contributed by atoms with Crippen molar-refractivity contribution in [2.45, 2.75) is 6.92 Å². The smallest absolute Gasteiger partial charge is 0.160 e. The summed E-state index contributed by atoms with van der Waals surface area (Å²) in [6.07, 6.45) is 6.18. The van der Waals surface area contributed by atoms with Gasteiger partial charge in [-0.1, -0.05) is 0 Å². The summed E-state index contributed by atoms with van der Waals surface area (Å²) in [6, 6.07) is 1.87. The van der Waals surface area contributed by atoms with Gasteiger partial charge in [-0.3, -0.25) is 4.79 Å². The molecule has 0 atom stereocenters. The van der Waals surface area contributed by atoms with Gasteiger partial charge in [-0.05, 0) is 13.0 Å². The normalized spacial score (nSPS) is 10.2. The molecule has 2 heterocycles. The Balaban J connectivity index is 2.52. The van der Waals surface area contributed by atoms with E-state index in [-0.39, 0.29) is 0 Å². The highest BCUT2D eigenvalue weighted by Crippen LogP contribution is 2.23. The standard InChI is InChI=1S/C9H8N2OS/c1-7-9(4-8(5-12)13-7)11-3-2-10-6-11/h2-6H,1H3. The number of carbonyl (C=O) groups is 1. The minimum atomic E-state index is 0.751. The van der Waals surface area contributed by atoms with Crippen molar-refractivity contribution in [3.63, 3.8) is 0 Å². The van der Waals surface area contributed by atoms with Crippen molar-refractivity contribution < 1.29 is 4.79 Å². The third-order valence-corrected chi connectivity index (χ3v) is 2.77. The van der Waals surface area contributed by atoms with Crippen molar-refractivity contribution in [1.82, 2.24) is 9.55 Å². The topological polar surface area (TPSA) is 34.9 Å². The first kappa shape index (κ1) is 8.19. The average molecular weight is 192 g/mol. The lowest BCUT2D eigenvalue weighted by molar-refractivity contribution is 0.112. The lowest BCUT2D eigenvalue weighted by Gasteiger charge is -1.97. The molecule has 4 heteroatoms. The molecule has 0 aliphatic heterocycles. The zero-order chi connectivity index (χ0) is 9.26. The molecule has 2 aromatic rings. The Labute approximate surface area is 79.7 Å². The summed E-state index contributed by atoms with van der Waals surface area (Å²) in [5, 5.41) is 0. The molecule has 2 rings (SSSR count). The van der Waals surface area contributed by atoms with Gasteiger partial charge < -0.3 is 4.57 Å². The van der Waals surface area contributed by atoms with E-state index in [1.54, 1.807) is 12.5 Å². The van der Waals surface area contributed by atoms with Crippen molar-refractivity contribution in [1.29, 1.82) is 0 Å². The summed E-state index contributed by atoms with van der Waals surface area (Å²) < 4.78 is 1.90. The van der Waals surface area contributed by atoms with Crippen LogP contribution in [0, 0.1) is 6.92 Å². The van der Waals surface area contributed by atoms with Crippen LogP contribution in [0.15, 0.2) is 24.8 Å². The number of aldehydes is 1. The van der Waals surface area contributed by atoms with Crippen LogP contribution in [0.1, 0.15) is 14.5 Å². The van der Waals surface area contributed by atoms with Crippen molar-refractivity contribution >= 4 is 17.6 Å². The Morgan fingerprint density at radius 3 is 3.00 bits per heavy atom. The quantitative estimate of drug-likeness (QED) is 0.682. The molecule has 0 saturated carbocycles. The minimum absolute atomic E-state index is 0.751. The van der Waals surface area contributed by atoms with Crippen molar-refractivity contribution in [3.8, 4) is 5.69 Å². The van der Waals surface area contributed by atoms with Crippen molar-refractivity contribution in [2.75, 3.05) is 0 Å². The summed E-state index contributed by atoms with van der Waals surface area (Å²) in [7, 11) is 0. The fourth-order valence-corrected chi connectivity index (χ4v) is 2.05. The number of aryl methyl sites for hydroxylation is 1. The molecule has 2 aromatic heterocycles. The van der Waals surface area contributed by atoms with E-state index in [1.165, 1.54) is 11.3 Å². The van der Waals surface area contributed by atoms with E-state index in [9.17, 15) is 4.79 Å². The van der Waals surface area contributed by atoms with Crippen LogP contribution in [0.2, 0.25) is 0 Å². The monoisotopic (exact) mass is 192 g/mol. The summed E-state index contributed by atoms with van der Waals surface area (Å²) >= 11 is 1.50. The molecule has 0 aliphatic rings. The van der Waals surface area contributed by atoms with Crippen LogP contribution in [-0.4, -0.2) is 15.8 Å². The predicted molar refractivity (Wildman–Crippen MR) is 51.6 cm³/mol. The third kappa shape index (κ3) is 1.40. The molecule has 0 aromatic carbocycles. The maximum Gasteiger partial charge on any atom is 0.160 e. The van der Waals surface area contributed by atoms with E-state index in [4.69, 9.17) is 0 Å². The third-order valence-electron chi connectivity index (χ3n) is 1.81. The van der Waals surface area contributed by atoms with Crippen LogP contribution >= 0.6 is 11.3 Å². The molecule has 0 radical (unpaired) electrons. The molecule has 0 bridgehead atoms. The SMILES string of the molecule is Cc1sc(C=O)cc1-n1ccnc1. The van der Waals surface area contributed by atoms with E-state index in [2.05, 4.69) is 4.98 Å². The van der Waals surface area contributed by atoms with Crippen molar-refractivity contribution in [3.05, 3.63) is 34.5 Å². The van der Waals surface area contributed by atoms with E-state index in [0.29, 0.717) is 0 Å². The van der Waals surface area contributed by atoms with Gasteiger partial charge in [-0.15, -0.1) is 11.3 Å². The second-order valence-corrected chi connectivity index (χ2v) is 3.97. The Kier molecular flexibility index (Phi) is 1.98. The lowest BCUT2D eigenvalue weighted by Crippen LogP contribution is -1.88. The van der Waals surface area contributed by atoms with Crippen molar-refractivity contribution in [2.24, 2.45) is 0 Å². The number of nitrogens with zero attached hydrogens (tertiary/aromatic N) is 2. The number of imidazole rings is 1. The van der Waals surface area contributed by atoms with Gasteiger partial charge in [-0.2, -0.15) is 0 Å². The molecule has 66 valence electrons. The van der Waals surface area contributed by atoms with Gasteiger partial charge >= 0.3 is 0 Å². The molecular weight excluding hydrogens is 184 g/mol. The van der Waals surface area contributed by atoms with Gasteiger partial charge in [0, 0.05) is 17.3 Å². The van der Waals surface area contributed by atoms with E-state index < -0.39 is 0 Å². The largest absolute Gasteiger partial charge is 0.305 e. The second-order valence-electron chi connectivity index (χ2n) is 2.68. The lowest BCUT2D eigenvalue weighted by atomic mass is 10.4. The zero-order valence-electron chi connectivity index (χ0n) is 7.10. The Morgan fingerprint density at radius 1 is 1.62 bits per heavy atom. The number of thiophene rings is 1. The summed E-state index contributed by atoms with van der Waals surface area (Å²) in [6.45, 7) is 1.99. The fourth-order valence-electron chi connectivity index (χ4n) is 1.21. The second kappa shape index (κ2) is 3.14. The first-order valence-electron chi connectivity index (χ1n) is 3.85. The Bertz CT molecular complexity index is 417. The van der Waals surface area contributed by atoms with Gasteiger partial charge in [0.05, 0.1) is 16.9 Å². The fraction of sp³-hybridized carbons (Fsp3) is 0.111. The summed E-state index contributed by atoms with van der Waals surface area (Å²) in [5.74, 6) is 0. The van der Waals surface area contributed by atoms with Crippen LogP contribution in [0.5, 0.6) is 0 Å². The highest BCUT2D eigenvalue weighted by molar-refractivity contribution is 7.14. The molecule has 0 N–H and O–H groups in total.